The van der Waals surface area contributed by atoms with Gasteiger partial charge in [-0.15, -0.1) is 0 Å². The summed E-state index contributed by atoms with van der Waals surface area (Å²) in [7, 11) is 0. The SMILES string of the molecule is CCCCCNC(C)(C)COS(=O)[O-]. The fourth-order valence-corrected chi connectivity index (χ4v) is 1.44. The van der Waals surface area contributed by atoms with Crippen LogP contribution in [0.5, 0.6) is 0 Å². The highest BCUT2D eigenvalue weighted by Gasteiger charge is 2.16. The number of unbranched alkanes of at least 4 members (excludes halogenated alkanes) is 2. The first kappa shape index (κ1) is 14.0. The Balaban J connectivity index is 3.55. The summed E-state index contributed by atoms with van der Waals surface area (Å²) in [5.41, 5.74) is -0.284. The maximum Gasteiger partial charge on any atom is 0.0842 e. The molecule has 0 saturated heterocycles. The van der Waals surface area contributed by atoms with Gasteiger partial charge in [0.1, 0.15) is 0 Å². The summed E-state index contributed by atoms with van der Waals surface area (Å²) in [5.74, 6) is 0. The average molecular weight is 222 g/mol. The molecule has 0 saturated carbocycles. The highest BCUT2D eigenvalue weighted by molar-refractivity contribution is 7.74. The quantitative estimate of drug-likeness (QED) is 0.497. The van der Waals surface area contributed by atoms with Crippen molar-refractivity contribution in [2.75, 3.05) is 13.2 Å². The molecule has 0 aromatic heterocycles. The Hall–Kier alpha value is 0.0300. The van der Waals surface area contributed by atoms with E-state index in [1.165, 1.54) is 12.8 Å². The van der Waals surface area contributed by atoms with Crippen LogP contribution in [0.15, 0.2) is 0 Å². The van der Waals surface area contributed by atoms with Crippen LogP contribution in [0.3, 0.4) is 0 Å². The standard InChI is InChI=1S/C9H21NO3S/c1-4-5-6-7-10-9(2,3)8-13-14(11)12/h10H,4-8H2,1-3H3,(H,11,12)/p-1. The second-order valence-electron chi connectivity index (χ2n) is 3.98. The molecular weight excluding hydrogens is 202 g/mol. The zero-order chi connectivity index (χ0) is 11.0. The molecule has 86 valence electrons. The molecule has 1 N–H and O–H groups in total. The topological polar surface area (TPSA) is 61.4 Å². The van der Waals surface area contributed by atoms with Crippen molar-refractivity contribution in [1.82, 2.24) is 5.32 Å². The van der Waals surface area contributed by atoms with Gasteiger partial charge >= 0.3 is 0 Å². The number of hydrogen-bond acceptors (Lipinski definition) is 4. The summed E-state index contributed by atoms with van der Waals surface area (Å²) >= 11 is -2.41. The van der Waals surface area contributed by atoms with Crippen molar-refractivity contribution in [3.63, 3.8) is 0 Å². The van der Waals surface area contributed by atoms with Crippen LogP contribution in [0.25, 0.3) is 0 Å². The Bertz CT molecular complexity index is 173. The molecule has 0 fully saturated rings. The molecule has 0 aliphatic heterocycles. The number of hydrogen-bond donors (Lipinski definition) is 1. The normalized spacial score (nSPS) is 14.3. The molecule has 0 aliphatic rings. The molecule has 0 bridgehead atoms. The fourth-order valence-electron chi connectivity index (χ4n) is 1.05. The van der Waals surface area contributed by atoms with Crippen LogP contribution in [0.4, 0.5) is 0 Å². The highest BCUT2D eigenvalue weighted by atomic mass is 32.2. The van der Waals surface area contributed by atoms with Crippen LogP contribution in [0, 0.1) is 0 Å². The van der Waals surface area contributed by atoms with E-state index < -0.39 is 11.4 Å². The lowest BCUT2D eigenvalue weighted by molar-refractivity contribution is 0.206. The van der Waals surface area contributed by atoms with E-state index in [1.54, 1.807) is 0 Å². The van der Waals surface area contributed by atoms with Crippen LogP contribution < -0.4 is 5.32 Å². The molecule has 1 atom stereocenters. The summed E-state index contributed by atoms with van der Waals surface area (Å²) in [4.78, 5) is 0. The molecule has 0 heterocycles. The van der Waals surface area contributed by atoms with E-state index in [-0.39, 0.29) is 12.1 Å². The Labute approximate surface area is 88.9 Å². The van der Waals surface area contributed by atoms with Gasteiger partial charge in [-0.3, -0.25) is 4.18 Å². The zero-order valence-corrected chi connectivity index (χ0v) is 9.99. The molecule has 0 aliphatic carbocycles. The van der Waals surface area contributed by atoms with Crippen LogP contribution in [0.2, 0.25) is 0 Å². The molecule has 0 aromatic carbocycles. The fraction of sp³-hybridized carbons (Fsp3) is 1.00. The van der Waals surface area contributed by atoms with Crippen molar-refractivity contribution < 1.29 is 12.9 Å². The molecule has 0 amide bonds. The molecule has 0 radical (unpaired) electrons. The highest BCUT2D eigenvalue weighted by Crippen LogP contribution is 2.04. The van der Waals surface area contributed by atoms with Gasteiger partial charge in [0.05, 0.1) is 18.0 Å². The monoisotopic (exact) mass is 222 g/mol. The van der Waals surface area contributed by atoms with Crippen LogP contribution in [-0.4, -0.2) is 27.5 Å². The van der Waals surface area contributed by atoms with Gasteiger partial charge in [0.2, 0.25) is 0 Å². The lowest BCUT2D eigenvalue weighted by Gasteiger charge is -2.26. The van der Waals surface area contributed by atoms with Crippen LogP contribution in [-0.2, 0) is 15.5 Å². The van der Waals surface area contributed by atoms with Crippen molar-refractivity contribution in [1.29, 1.82) is 0 Å². The maximum absolute atomic E-state index is 10.2. The third-order valence-electron chi connectivity index (χ3n) is 1.90. The van der Waals surface area contributed by atoms with E-state index in [1.807, 2.05) is 13.8 Å². The van der Waals surface area contributed by atoms with Gasteiger partial charge < -0.3 is 9.87 Å². The largest absolute Gasteiger partial charge is 0.750 e. The molecular formula is C9H20NO3S-. The lowest BCUT2D eigenvalue weighted by Crippen LogP contribution is -2.44. The van der Waals surface area contributed by atoms with Gasteiger partial charge in [-0.2, -0.15) is 0 Å². The third-order valence-corrected chi connectivity index (χ3v) is 2.21. The van der Waals surface area contributed by atoms with Crippen molar-refractivity contribution in [3.05, 3.63) is 0 Å². The second kappa shape index (κ2) is 7.34. The van der Waals surface area contributed by atoms with E-state index in [9.17, 15) is 8.76 Å². The molecule has 0 aromatic rings. The summed E-state index contributed by atoms with van der Waals surface area (Å²) in [5, 5.41) is 3.25. The smallest absolute Gasteiger partial charge is 0.0842 e. The predicted octanol–water partition coefficient (Wildman–Crippen LogP) is 1.36. The Morgan fingerprint density at radius 2 is 2.07 bits per heavy atom. The van der Waals surface area contributed by atoms with Gasteiger partial charge in [-0.25, -0.2) is 4.21 Å². The summed E-state index contributed by atoms with van der Waals surface area (Å²) in [6.45, 7) is 7.07. The molecule has 0 rings (SSSR count). The van der Waals surface area contributed by atoms with Crippen molar-refractivity contribution in [2.45, 2.75) is 45.6 Å². The lowest BCUT2D eigenvalue weighted by atomic mass is 10.1. The Kier molecular flexibility index (Phi) is 7.35. The molecule has 5 heteroatoms. The van der Waals surface area contributed by atoms with E-state index >= 15 is 0 Å². The molecule has 4 nitrogen and oxygen atoms in total. The molecule has 1 unspecified atom stereocenters. The minimum atomic E-state index is -2.41. The zero-order valence-electron chi connectivity index (χ0n) is 9.17. The number of nitrogens with one attached hydrogen (secondary N) is 1. The van der Waals surface area contributed by atoms with Gasteiger partial charge in [0.25, 0.3) is 0 Å². The molecule has 14 heavy (non-hydrogen) atoms. The van der Waals surface area contributed by atoms with E-state index in [0.29, 0.717) is 0 Å². The Morgan fingerprint density at radius 1 is 1.43 bits per heavy atom. The minimum Gasteiger partial charge on any atom is -0.750 e. The summed E-state index contributed by atoms with van der Waals surface area (Å²) < 4.78 is 24.9. The predicted molar refractivity (Wildman–Crippen MR) is 56.5 cm³/mol. The first-order valence-corrected chi connectivity index (χ1v) is 5.95. The van der Waals surface area contributed by atoms with Crippen LogP contribution in [0.1, 0.15) is 40.0 Å². The first-order chi connectivity index (χ1) is 6.48. The minimum absolute atomic E-state index is 0.176. The Morgan fingerprint density at radius 3 is 2.57 bits per heavy atom. The van der Waals surface area contributed by atoms with Gasteiger partial charge in [-0.1, -0.05) is 19.8 Å². The van der Waals surface area contributed by atoms with Gasteiger partial charge in [0, 0.05) is 5.54 Å². The second-order valence-corrected chi connectivity index (χ2v) is 4.63. The van der Waals surface area contributed by atoms with E-state index in [4.69, 9.17) is 0 Å². The summed E-state index contributed by atoms with van der Waals surface area (Å²) in [6, 6.07) is 0. The van der Waals surface area contributed by atoms with Gasteiger partial charge in [-0.05, 0) is 26.8 Å². The van der Waals surface area contributed by atoms with Gasteiger partial charge in [0.15, 0.2) is 0 Å². The van der Waals surface area contributed by atoms with Crippen molar-refractivity contribution in [3.8, 4) is 0 Å². The van der Waals surface area contributed by atoms with Crippen molar-refractivity contribution >= 4 is 11.4 Å². The number of rotatable bonds is 8. The molecule has 0 spiro atoms. The van der Waals surface area contributed by atoms with E-state index in [2.05, 4.69) is 16.4 Å². The van der Waals surface area contributed by atoms with E-state index in [0.717, 1.165) is 13.0 Å². The summed E-state index contributed by atoms with van der Waals surface area (Å²) in [6.07, 6.45) is 3.49. The maximum atomic E-state index is 10.2. The van der Waals surface area contributed by atoms with Crippen LogP contribution >= 0.6 is 0 Å². The average Bonchev–Trinajstić information content (AvgIpc) is 2.10. The first-order valence-electron chi connectivity index (χ1n) is 4.95. The third kappa shape index (κ3) is 8.62. The van der Waals surface area contributed by atoms with Crippen molar-refractivity contribution in [2.24, 2.45) is 0 Å².